The van der Waals surface area contributed by atoms with Crippen LogP contribution in [0.4, 0.5) is 0 Å². The molecular formula is C13H10NSe. The van der Waals surface area contributed by atoms with Gasteiger partial charge in [0.2, 0.25) is 0 Å². The van der Waals surface area contributed by atoms with Crippen molar-refractivity contribution in [3.8, 4) is 11.1 Å². The van der Waals surface area contributed by atoms with Crippen LogP contribution in [0.15, 0.2) is 54.6 Å². The summed E-state index contributed by atoms with van der Waals surface area (Å²) in [5, 5.41) is 7.67. The molecule has 1 nitrogen and oxygen atoms in total. The minimum absolute atomic E-state index is 0.481. The molecule has 2 rings (SSSR count). The predicted octanol–water partition coefficient (Wildman–Crippen LogP) is 2.85. The molecule has 0 heterocycles. The number of hydrogen-bond donors (Lipinski definition) is 1. The second-order valence-electron chi connectivity index (χ2n) is 3.24. The van der Waals surface area contributed by atoms with Crippen molar-refractivity contribution in [3.63, 3.8) is 0 Å². The van der Waals surface area contributed by atoms with Crippen LogP contribution < -0.4 is 0 Å². The Morgan fingerprint density at radius 3 is 2.13 bits per heavy atom. The summed E-state index contributed by atoms with van der Waals surface area (Å²) in [5.74, 6) is 0. The number of hydrogen-bond acceptors (Lipinski definition) is 1. The van der Waals surface area contributed by atoms with Crippen molar-refractivity contribution in [3.05, 3.63) is 60.2 Å². The zero-order valence-electron chi connectivity index (χ0n) is 8.10. The van der Waals surface area contributed by atoms with Gasteiger partial charge in [0.05, 0.1) is 0 Å². The molecule has 1 N–H and O–H groups in total. The number of rotatable bonds is 2. The fourth-order valence-electron chi connectivity index (χ4n) is 1.55. The van der Waals surface area contributed by atoms with Gasteiger partial charge in [-0.1, -0.05) is 0 Å². The Morgan fingerprint density at radius 1 is 0.867 bits per heavy atom. The fraction of sp³-hybridized carbons (Fsp3) is 0. The predicted molar refractivity (Wildman–Crippen MR) is 64.5 cm³/mol. The maximum absolute atomic E-state index is 7.67. The van der Waals surface area contributed by atoms with Gasteiger partial charge in [-0.2, -0.15) is 0 Å². The van der Waals surface area contributed by atoms with Gasteiger partial charge in [-0.05, 0) is 0 Å². The maximum atomic E-state index is 7.67. The molecule has 0 fully saturated rings. The third-order valence-corrected chi connectivity index (χ3v) is 2.72. The van der Waals surface area contributed by atoms with Gasteiger partial charge in [-0.15, -0.1) is 0 Å². The molecule has 0 spiro atoms. The van der Waals surface area contributed by atoms with Crippen molar-refractivity contribution in [1.29, 1.82) is 5.41 Å². The van der Waals surface area contributed by atoms with E-state index in [4.69, 9.17) is 5.41 Å². The van der Waals surface area contributed by atoms with E-state index in [0.717, 1.165) is 16.7 Å². The molecule has 2 aromatic rings. The second kappa shape index (κ2) is 4.43. The van der Waals surface area contributed by atoms with Gasteiger partial charge >= 0.3 is 97.3 Å². The number of nitrogens with one attached hydrogen (secondary N) is 1. The molecule has 15 heavy (non-hydrogen) atoms. The molecular weight excluding hydrogens is 249 g/mol. The normalized spacial score (nSPS) is 9.87. The molecule has 0 bridgehead atoms. The van der Waals surface area contributed by atoms with Crippen LogP contribution >= 0.6 is 0 Å². The summed E-state index contributed by atoms with van der Waals surface area (Å²) in [6.45, 7) is 0. The van der Waals surface area contributed by atoms with Gasteiger partial charge in [-0.3, -0.25) is 0 Å². The third kappa shape index (κ3) is 2.17. The van der Waals surface area contributed by atoms with Crippen LogP contribution in [-0.4, -0.2) is 20.6 Å². The summed E-state index contributed by atoms with van der Waals surface area (Å²) >= 11 is 2.75. The van der Waals surface area contributed by atoms with Crippen LogP contribution in [-0.2, 0) is 0 Å². The molecule has 0 atom stereocenters. The Bertz CT molecular complexity index is 477. The van der Waals surface area contributed by atoms with E-state index in [1.807, 2.05) is 42.5 Å². The summed E-state index contributed by atoms with van der Waals surface area (Å²) in [6, 6.07) is 18.1. The van der Waals surface area contributed by atoms with Crippen LogP contribution in [0.3, 0.4) is 0 Å². The van der Waals surface area contributed by atoms with Gasteiger partial charge in [-0.25, -0.2) is 0 Å². The van der Waals surface area contributed by atoms with E-state index >= 15 is 0 Å². The standard InChI is InChI=1S/C13H10NSe/c14-13(15)12-9-5-4-8-11(12)10-6-2-1-3-7-10/h1-9,14H. The van der Waals surface area contributed by atoms with E-state index in [9.17, 15) is 0 Å². The van der Waals surface area contributed by atoms with E-state index in [1.165, 1.54) is 0 Å². The van der Waals surface area contributed by atoms with Crippen molar-refractivity contribution < 1.29 is 0 Å². The Kier molecular flexibility index (Phi) is 3.00. The van der Waals surface area contributed by atoms with Crippen molar-refractivity contribution in [2.45, 2.75) is 0 Å². The van der Waals surface area contributed by atoms with E-state index in [-0.39, 0.29) is 0 Å². The molecule has 0 amide bonds. The molecule has 0 unspecified atom stereocenters. The molecule has 0 saturated carbocycles. The third-order valence-electron chi connectivity index (χ3n) is 2.26. The average molecular weight is 259 g/mol. The van der Waals surface area contributed by atoms with Gasteiger partial charge in [0, 0.05) is 0 Å². The molecule has 0 aliphatic rings. The Morgan fingerprint density at radius 2 is 1.47 bits per heavy atom. The first-order chi connectivity index (χ1) is 7.29. The van der Waals surface area contributed by atoms with E-state index < -0.39 is 0 Å². The molecule has 2 heteroatoms. The Labute approximate surface area is 97.5 Å². The summed E-state index contributed by atoms with van der Waals surface area (Å²) in [4.78, 5) is 0. The first kappa shape index (κ1) is 10.2. The topological polar surface area (TPSA) is 23.9 Å². The average Bonchev–Trinajstić information content (AvgIpc) is 2.30. The second-order valence-corrected chi connectivity index (χ2v) is 4.10. The zero-order valence-corrected chi connectivity index (χ0v) is 9.82. The van der Waals surface area contributed by atoms with Crippen molar-refractivity contribution in [1.82, 2.24) is 0 Å². The van der Waals surface area contributed by atoms with Crippen LogP contribution in [0, 0.1) is 5.41 Å². The van der Waals surface area contributed by atoms with E-state index in [2.05, 4.69) is 28.1 Å². The molecule has 1 radical (unpaired) electrons. The van der Waals surface area contributed by atoms with Gasteiger partial charge in [0.1, 0.15) is 0 Å². The van der Waals surface area contributed by atoms with Gasteiger partial charge in [0.25, 0.3) is 0 Å². The van der Waals surface area contributed by atoms with Crippen molar-refractivity contribution >= 4 is 20.6 Å². The summed E-state index contributed by atoms with van der Waals surface area (Å²) in [7, 11) is 0. The monoisotopic (exact) mass is 260 g/mol. The minimum atomic E-state index is 0.481. The van der Waals surface area contributed by atoms with Gasteiger partial charge in [0.15, 0.2) is 0 Å². The van der Waals surface area contributed by atoms with Crippen LogP contribution in [0.5, 0.6) is 0 Å². The SMILES string of the molecule is N=C([Se])c1ccccc1-c1ccccc1. The van der Waals surface area contributed by atoms with Crippen LogP contribution in [0.2, 0.25) is 0 Å². The molecule has 0 aliphatic carbocycles. The fourth-order valence-corrected chi connectivity index (χ4v) is 1.92. The quantitative estimate of drug-likeness (QED) is 0.633. The van der Waals surface area contributed by atoms with E-state index in [0.29, 0.717) is 4.61 Å². The zero-order chi connectivity index (χ0) is 10.7. The Balaban J connectivity index is 2.58. The first-order valence-corrected chi connectivity index (χ1v) is 5.55. The molecule has 73 valence electrons. The first-order valence-electron chi connectivity index (χ1n) is 4.69. The molecule has 2 aromatic carbocycles. The van der Waals surface area contributed by atoms with Crippen molar-refractivity contribution in [2.24, 2.45) is 0 Å². The molecule has 0 saturated heterocycles. The van der Waals surface area contributed by atoms with Crippen LogP contribution in [0.25, 0.3) is 11.1 Å². The molecule has 0 aromatic heterocycles. The summed E-state index contributed by atoms with van der Waals surface area (Å²) in [6.07, 6.45) is 0. The van der Waals surface area contributed by atoms with E-state index in [1.54, 1.807) is 0 Å². The van der Waals surface area contributed by atoms with Gasteiger partial charge < -0.3 is 0 Å². The van der Waals surface area contributed by atoms with Crippen molar-refractivity contribution in [2.75, 3.05) is 0 Å². The summed E-state index contributed by atoms with van der Waals surface area (Å²) in [5.41, 5.74) is 3.19. The summed E-state index contributed by atoms with van der Waals surface area (Å²) < 4.78 is 0.481. The molecule has 0 aliphatic heterocycles. The van der Waals surface area contributed by atoms with Crippen LogP contribution in [0.1, 0.15) is 5.56 Å². The number of benzene rings is 2. The Hall–Kier alpha value is -1.37.